The quantitative estimate of drug-likeness (QED) is 0.831. The Morgan fingerprint density at radius 2 is 1.95 bits per heavy atom. The Labute approximate surface area is 116 Å². The van der Waals surface area contributed by atoms with E-state index >= 15 is 0 Å². The summed E-state index contributed by atoms with van der Waals surface area (Å²) in [4.78, 5) is 25.6. The van der Waals surface area contributed by atoms with Crippen LogP contribution in [-0.2, 0) is 16.1 Å². The van der Waals surface area contributed by atoms with Gasteiger partial charge in [-0.15, -0.1) is 0 Å². The second-order valence-electron chi connectivity index (χ2n) is 4.73. The van der Waals surface area contributed by atoms with Gasteiger partial charge in [-0.2, -0.15) is 0 Å². The van der Waals surface area contributed by atoms with Crippen LogP contribution in [0.3, 0.4) is 0 Å². The van der Waals surface area contributed by atoms with Gasteiger partial charge in [0.15, 0.2) is 11.8 Å². The average molecular weight is 271 g/mol. The van der Waals surface area contributed by atoms with Crippen molar-refractivity contribution in [2.75, 3.05) is 4.90 Å². The average Bonchev–Trinajstić information content (AvgIpc) is 3.06. The van der Waals surface area contributed by atoms with Crippen LogP contribution in [0.15, 0.2) is 53.1 Å². The van der Waals surface area contributed by atoms with Crippen molar-refractivity contribution in [3.05, 3.63) is 54.5 Å². The van der Waals surface area contributed by atoms with E-state index in [0.717, 1.165) is 5.76 Å². The van der Waals surface area contributed by atoms with E-state index in [9.17, 15) is 9.59 Å². The van der Waals surface area contributed by atoms with Crippen molar-refractivity contribution >= 4 is 17.5 Å². The second-order valence-corrected chi connectivity index (χ2v) is 4.73. The Bertz CT molecular complexity index is 607. The molecule has 102 valence electrons. The number of carbonyl (C=O) groups excluding carboxylic acids is 2. The summed E-state index contributed by atoms with van der Waals surface area (Å²) in [7, 11) is 0. The molecule has 0 bridgehead atoms. The Hall–Kier alpha value is -2.40. The van der Waals surface area contributed by atoms with E-state index < -0.39 is 0 Å². The number of nitrogens with zero attached hydrogens (tertiary/aromatic N) is 1. The molecule has 2 N–H and O–H groups in total. The van der Waals surface area contributed by atoms with Crippen LogP contribution in [0.1, 0.15) is 12.2 Å². The molecule has 0 unspecified atom stereocenters. The van der Waals surface area contributed by atoms with Crippen molar-refractivity contribution in [3.63, 3.8) is 0 Å². The second kappa shape index (κ2) is 5.30. The highest BCUT2D eigenvalue weighted by Gasteiger charge is 2.42. The first-order valence-corrected chi connectivity index (χ1v) is 6.53. The lowest BCUT2D eigenvalue weighted by Gasteiger charge is -2.13. The van der Waals surface area contributed by atoms with E-state index in [1.165, 1.54) is 4.90 Å². The van der Waals surface area contributed by atoms with Crippen molar-refractivity contribution in [3.8, 4) is 0 Å². The molecule has 0 radical (unpaired) electrons. The highest BCUT2D eigenvalue weighted by Crippen LogP contribution is 2.20. The number of para-hydroxylation sites is 1. The van der Waals surface area contributed by atoms with Crippen LogP contribution < -0.4 is 10.2 Å². The lowest BCUT2D eigenvalue weighted by molar-refractivity contribution is -0.691. The highest BCUT2D eigenvalue weighted by molar-refractivity contribution is 6.21. The molecule has 1 fully saturated rings. The monoisotopic (exact) mass is 271 g/mol. The topological polar surface area (TPSA) is 67.1 Å². The lowest BCUT2D eigenvalue weighted by Crippen LogP contribution is -2.90. The van der Waals surface area contributed by atoms with E-state index in [2.05, 4.69) is 0 Å². The number of rotatable bonds is 4. The summed E-state index contributed by atoms with van der Waals surface area (Å²) in [6.45, 7) is 0.555. The summed E-state index contributed by atoms with van der Waals surface area (Å²) in [6, 6.07) is 12.3. The van der Waals surface area contributed by atoms with Crippen LogP contribution in [0.25, 0.3) is 0 Å². The molecule has 2 amide bonds. The molecular weight excluding hydrogens is 256 g/mol. The number of hydrogen-bond donors (Lipinski definition) is 1. The first kappa shape index (κ1) is 12.6. The van der Waals surface area contributed by atoms with E-state index in [1.807, 2.05) is 29.6 Å². The van der Waals surface area contributed by atoms with Gasteiger partial charge >= 0.3 is 0 Å². The van der Waals surface area contributed by atoms with Gasteiger partial charge in [0.2, 0.25) is 5.91 Å². The van der Waals surface area contributed by atoms with E-state index in [1.54, 1.807) is 24.5 Å². The zero-order valence-corrected chi connectivity index (χ0v) is 10.9. The Morgan fingerprint density at radius 1 is 1.15 bits per heavy atom. The van der Waals surface area contributed by atoms with Crippen LogP contribution in [0, 0.1) is 0 Å². The largest absolute Gasteiger partial charge is 0.463 e. The van der Waals surface area contributed by atoms with Crippen molar-refractivity contribution in [2.45, 2.75) is 19.0 Å². The van der Waals surface area contributed by atoms with Crippen LogP contribution in [0.5, 0.6) is 0 Å². The van der Waals surface area contributed by atoms with Crippen molar-refractivity contribution in [1.29, 1.82) is 0 Å². The van der Waals surface area contributed by atoms with Gasteiger partial charge in [0, 0.05) is 0 Å². The molecule has 3 rings (SSSR count). The normalized spacial score (nSPS) is 18.8. The zero-order chi connectivity index (χ0) is 13.9. The number of amides is 2. The van der Waals surface area contributed by atoms with Crippen LogP contribution in [0.4, 0.5) is 5.69 Å². The minimum Gasteiger partial charge on any atom is -0.463 e. The molecule has 2 aromatic rings. The number of hydrogen-bond acceptors (Lipinski definition) is 3. The first-order valence-electron chi connectivity index (χ1n) is 6.53. The number of nitrogens with two attached hydrogens (primary N) is 1. The van der Waals surface area contributed by atoms with E-state index in [4.69, 9.17) is 4.42 Å². The number of benzene rings is 1. The predicted molar refractivity (Wildman–Crippen MR) is 71.7 cm³/mol. The summed E-state index contributed by atoms with van der Waals surface area (Å²) >= 11 is 0. The maximum atomic E-state index is 12.3. The Balaban J connectivity index is 1.70. The zero-order valence-electron chi connectivity index (χ0n) is 10.9. The number of furan rings is 1. The Morgan fingerprint density at radius 3 is 2.65 bits per heavy atom. The number of anilines is 1. The van der Waals surface area contributed by atoms with Gasteiger partial charge in [-0.1, -0.05) is 18.2 Å². The molecule has 20 heavy (non-hydrogen) atoms. The van der Waals surface area contributed by atoms with Gasteiger partial charge in [-0.3, -0.25) is 9.59 Å². The lowest BCUT2D eigenvalue weighted by atomic mass is 10.2. The molecule has 5 nitrogen and oxygen atoms in total. The molecule has 1 atom stereocenters. The molecular formula is C15H15N2O3+. The molecule has 0 aliphatic carbocycles. The molecule has 5 heteroatoms. The molecule has 0 spiro atoms. The van der Waals surface area contributed by atoms with E-state index in [-0.39, 0.29) is 24.3 Å². The van der Waals surface area contributed by atoms with Crippen molar-refractivity contribution in [1.82, 2.24) is 0 Å². The van der Waals surface area contributed by atoms with Gasteiger partial charge in [-0.05, 0) is 24.3 Å². The van der Waals surface area contributed by atoms with Crippen LogP contribution in [-0.4, -0.2) is 17.9 Å². The maximum Gasteiger partial charge on any atom is 0.292 e. The summed E-state index contributed by atoms with van der Waals surface area (Å²) in [5.74, 6) is 0.484. The number of imide groups is 1. The molecule has 1 aromatic heterocycles. The number of quaternary nitrogens is 1. The van der Waals surface area contributed by atoms with Crippen molar-refractivity contribution in [2.24, 2.45) is 0 Å². The minimum atomic E-state index is -0.368. The fourth-order valence-electron chi connectivity index (χ4n) is 2.38. The molecule has 1 aromatic carbocycles. The van der Waals surface area contributed by atoms with Gasteiger partial charge in [0.05, 0.1) is 18.4 Å². The SMILES string of the molecule is O=C1C[C@@H]([NH2+]Cc2ccco2)C(=O)N1c1ccccc1. The third-order valence-electron chi connectivity index (χ3n) is 3.38. The minimum absolute atomic E-state index is 0.151. The number of carbonyl (C=O) groups is 2. The van der Waals surface area contributed by atoms with Gasteiger partial charge in [0.25, 0.3) is 5.91 Å². The highest BCUT2D eigenvalue weighted by atomic mass is 16.3. The summed E-state index contributed by atoms with van der Waals surface area (Å²) < 4.78 is 5.23. The van der Waals surface area contributed by atoms with Crippen LogP contribution >= 0.6 is 0 Å². The van der Waals surface area contributed by atoms with Crippen molar-refractivity contribution < 1.29 is 19.3 Å². The van der Waals surface area contributed by atoms with Gasteiger partial charge in [0.1, 0.15) is 6.54 Å². The van der Waals surface area contributed by atoms with Crippen LogP contribution in [0.2, 0.25) is 0 Å². The fourth-order valence-corrected chi connectivity index (χ4v) is 2.38. The van der Waals surface area contributed by atoms with Gasteiger partial charge in [-0.25, -0.2) is 4.90 Å². The molecule has 0 saturated carbocycles. The smallest absolute Gasteiger partial charge is 0.292 e. The molecule has 2 heterocycles. The molecule has 1 aliphatic heterocycles. The fraction of sp³-hybridized carbons (Fsp3) is 0.200. The first-order chi connectivity index (χ1) is 9.75. The summed E-state index contributed by atoms with van der Waals surface area (Å²) in [5, 5.41) is 1.85. The van der Waals surface area contributed by atoms with E-state index in [0.29, 0.717) is 12.2 Å². The standard InChI is InChI=1S/C15H14N2O3/c18-14-9-13(16-10-12-7-4-8-20-12)15(19)17(14)11-5-2-1-3-6-11/h1-8,13,16H,9-10H2/p+1/t13-/m1/s1. The van der Waals surface area contributed by atoms with Gasteiger partial charge < -0.3 is 9.73 Å². The molecule has 1 aliphatic rings. The third-order valence-corrected chi connectivity index (χ3v) is 3.38. The molecule has 1 saturated heterocycles. The summed E-state index contributed by atoms with van der Waals surface area (Å²) in [6.07, 6.45) is 1.83. The maximum absolute atomic E-state index is 12.3. The predicted octanol–water partition coefficient (Wildman–Crippen LogP) is 0.675. The summed E-state index contributed by atoms with van der Waals surface area (Å²) in [5.41, 5.74) is 0.636. The Kier molecular flexibility index (Phi) is 3.35. The third kappa shape index (κ3) is 2.35.